The smallest absolute Gasteiger partial charge is 0.407 e. The van der Waals surface area contributed by atoms with Gasteiger partial charge in [0.2, 0.25) is 0 Å². The van der Waals surface area contributed by atoms with Crippen LogP contribution in [0.25, 0.3) is 0 Å². The van der Waals surface area contributed by atoms with Gasteiger partial charge in [0.05, 0.1) is 6.54 Å². The second-order valence-corrected chi connectivity index (χ2v) is 3.70. The van der Waals surface area contributed by atoms with Crippen molar-refractivity contribution in [3.05, 3.63) is 0 Å². The number of nitrogens with zero attached hydrogens (tertiary/aromatic N) is 2. The van der Waals surface area contributed by atoms with Gasteiger partial charge in [-0.05, 0) is 13.5 Å². The van der Waals surface area contributed by atoms with E-state index in [1.807, 2.05) is 0 Å². The standard InChI is InChI=1S/C8H13F3N2O2/c1-12(5-8(9,10)11)6-2-3-13(4-6)7(14)15/h6H,2-5H2,1H3,(H,14,15)/t6-/m1/s1. The maximum absolute atomic E-state index is 12.0. The zero-order chi connectivity index (χ0) is 11.6. The lowest BCUT2D eigenvalue weighted by molar-refractivity contribution is -0.146. The Kier molecular flexibility index (Phi) is 3.43. The number of halogens is 3. The van der Waals surface area contributed by atoms with Crippen molar-refractivity contribution in [1.29, 1.82) is 0 Å². The predicted molar refractivity (Wildman–Crippen MR) is 46.7 cm³/mol. The van der Waals surface area contributed by atoms with E-state index in [0.29, 0.717) is 13.0 Å². The molecule has 1 rings (SSSR count). The molecule has 1 fully saturated rings. The highest BCUT2D eigenvalue weighted by atomic mass is 19.4. The molecule has 0 aromatic carbocycles. The molecule has 15 heavy (non-hydrogen) atoms. The van der Waals surface area contributed by atoms with Crippen molar-refractivity contribution in [2.45, 2.75) is 18.6 Å². The van der Waals surface area contributed by atoms with Gasteiger partial charge in [-0.15, -0.1) is 0 Å². The summed E-state index contributed by atoms with van der Waals surface area (Å²) < 4.78 is 36.1. The Morgan fingerprint density at radius 1 is 1.60 bits per heavy atom. The van der Waals surface area contributed by atoms with Crippen LogP contribution in [0.15, 0.2) is 0 Å². The summed E-state index contributed by atoms with van der Waals surface area (Å²) in [6.45, 7) is -0.533. The van der Waals surface area contributed by atoms with Crippen LogP contribution in [0, 0.1) is 0 Å². The molecule has 0 aromatic heterocycles. The maximum Gasteiger partial charge on any atom is 0.407 e. The lowest BCUT2D eigenvalue weighted by Gasteiger charge is -2.24. The minimum atomic E-state index is -4.23. The third-order valence-electron chi connectivity index (χ3n) is 2.49. The van der Waals surface area contributed by atoms with Crippen LogP contribution >= 0.6 is 0 Å². The second-order valence-electron chi connectivity index (χ2n) is 3.70. The molecule has 1 amide bonds. The Morgan fingerprint density at radius 2 is 2.20 bits per heavy atom. The quantitative estimate of drug-likeness (QED) is 0.770. The van der Waals surface area contributed by atoms with E-state index in [1.54, 1.807) is 0 Å². The molecule has 0 radical (unpaired) electrons. The molecule has 1 aliphatic rings. The number of amides is 1. The number of likely N-dealkylation sites (N-methyl/N-ethyl adjacent to an activating group) is 1. The van der Waals surface area contributed by atoms with E-state index in [-0.39, 0.29) is 12.6 Å². The monoisotopic (exact) mass is 226 g/mol. The summed E-state index contributed by atoms with van der Waals surface area (Å²) in [4.78, 5) is 12.8. The highest BCUT2D eigenvalue weighted by Gasteiger charge is 2.35. The van der Waals surface area contributed by atoms with Crippen molar-refractivity contribution in [3.8, 4) is 0 Å². The van der Waals surface area contributed by atoms with Gasteiger partial charge in [-0.2, -0.15) is 13.2 Å². The molecule has 1 saturated heterocycles. The fourth-order valence-corrected chi connectivity index (χ4v) is 1.69. The van der Waals surface area contributed by atoms with Gasteiger partial charge in [-0.1, -0.05) is 0 Å². The van der Waals surface area contributed by atoms with Crippen molar-refractivity contribution in [2.24, 2.45) is 0 Å². The van der Waals surface area contributed by atoms with E-state index in [1.165, 1.54) is 7.05 Å². The molecule has 1 N–H and O–H groups in total. The van der Waals surface area contributed by atoms with Crippen LogP contribution in [0.5, 0.6) is 0 Å². The summed E-state index contributed by atoms with van der Waals surface area (Å²) >= 11 is 0. The molecule has 1 heterocycles. The van der Waals surface area contributed by atoms with E-state index < -0.39 is 18.8 Å². The maximum atomic E-state index is 12.0. The van der Waals surface area contributed by atoms with Gasteiger partial charge in [0.1, 0.15) is 0 Å². The lowest BCUT2D eigenvalue weighted by Crippen LogP contribution is -2.41. The van der Waals surface area contributed by atoms with E-state index in [0.717, 1.165) is 9.80 Å². The molecule has 4 nitrogen and oxygen atoms in total. The number of hydrogen-bond donors (Lipinski definition) is 1. The largest absolute Gasteiger partial charge is 0.465 e. The van der Waals surface area contributed by atoms with Crippen molar-refractivity contribution >= 4 is 6.09 Å². The Hall–Kier alpha value is -0.980. The molecule has 0 spiro atoms. The van der Waals surface area contributed by atoms with Crippen molar-refractivity contribution in [3.63, 3.8) is 0 Å². The molecule has 88 valence electrons. The number of likely N-dealkylation sites (tertiary alicyclic amines) is 1. The Labute approximate surface area is 85.3 Å². The highest BCUT2D eigenvalue weighted by Crippen LogP contribution is 2.20. The summed E-state index contributed by atoms with van der Waals surface area (Å²) in [6, 6.07) is -0.331. The van der Waals surface area contributed by atoms with E-state index in [2.05, 4.69) is 0 Å². The van der Waals surface area contributed by atoms with Crippen molar-refractivity contribution < 1.29 is 23.1 Å². The fraction of sp³-hybridized carbons (Fsp3) is 0.875. The topological polar surface area (TPSA) is 43.8 Å². The number of rotatable bonds is 2. The Balaban J connectivity index is 2.43. The van der Waals surface area contributed by atoms with Crippen LogP contribution in [0.1, 0.15) is 6.42 Å². The van der Waals surface area contributed by atoms with E-state index >= 15 is 0 Å². The fourth-order valence-electron chi connectivity index (χ4n) is 1.69. The molecule has 0 saturated carbocycles. The van der Waals surface area contributed by atoms with Gasteiger partial charge in [0.15, 0.2) is 0 Å². The molecule has 0 bridgehead atoms. The Morgan fingerprint density at radius 3 is 2.60 bits per heavy atom. The summed E-state index contributed by atoms with van der Waals surface area (Å²) in [5.74, 6) is 0. The van der Waals surface area contributed by atoms with E-state index in [9.17, 15) is 18.0 Å². The van der Waals surface area contributed by atoms with Gasteiger partial charge >= 0.3 is 12.3 Å². The van der Waals surface area contributed by atoms with Crippen LogP contribution in [0.4, 0.5) is 18.0 Å². The number of hydrogen-bond acceptors (Lipinski definition) is 2. The van der Waals surface area contributed by atoms with Crippen molar-refractivity contribution in [1.82, 2.24) is 9.80 Å². The van der Waals surface area contributed by atoms with Crippen LogP contribution in [0.2, 0.25) is 0 Å². The summed E-state index contributed by atoms with van der Waals surface area (Å²) in [7, 11) is 1.36. The van der Waals surface area contributed by atoms with Gasteiger partial charge in [-0.25, -0.2) is 4.79 Å². The average molecular weight is 226 g/mol. The first-order valence-electron chi connectivity index (χ1n) is 4.54. The zero-order valence-electron chi connectivity index (χ0n) is 8.29. The van der Waals surface area contributed by atoms with Gasteiger partial charge in [0, 0.05) is 19.1 Å². The first kappa shape index (κ1) is 12.1. The predicted octanol–water partition coefficient (Wildman–Crippen LogP) is 1.23. The SMILES string of the molecule is CN(CC(F)(F)F)[C@@H]1CCN(C(=O)O)C1. The average Bonchev–Trinajstić information content (AvgIpc) is 2.47. The van der Waals surface area contributed by atoms with Gasteiger partial charge < -0.3 is 10.0 Å². The van der Waals surface area contributed by atoms with Crippen molar-refractivity contribution in [2.75, 3.05) is 26.7 Å². The van der Waals surface area contributed by atoms with Crippen LogP contribution in [-0.4, -0.2) is 59.9 Å². The van der Waals surface area contributed by atoms with Crippen LogP contribution < -0.4 is 0 Å². The number of alkyl halides is 3. The third-order valence-corrected chi connectivity index (χ3v) is 2.49. The van der Waals surface area contributed by atoms with Crippen LogP contribution in [-0.2, 0) is 0 Å². The second kappa shape index (κ2) is 4.26. The number of carbonyl (C=O) groups is 1. The Bertz CT molecular complexity index is 245. The molecule has 0 unspecified atom stereocenters. The molecule has 1 atom stereocenters. The third kappa shape index (κ3) is 3.58. The minimum absolute atomic E-state index is 0.155. The minimum Gasteiger partial charge on any atom is -0.465 e. The molecule has 0 aromatic rings. The molecular formula is C8H13F3N2O2. The summed E-state index contributed by atoms with van der Waals surface area (Å²) in [6.07, 6.45) is -4.84. The molecule has 1 aliphatic heterocycles. The number of carboxylic acid groups (broad SMARTS) is 1. The highest BCUT2D eigenvalue weighted by molar-refractivity contribution is 5.65. The molecular weight excluding hydrogens is 213 g/mol. The summed E-state index contributed by atoms with van der Waals surface area (Å²) in [5, 5.41) is 8.63. The molecule has 0 aliphatic carbocycles. The first-order valence-corrected chi connectivity index (χ1v) is 4.54. The summed E-state index contributed by atoms with van der Waals surface area (Å²) in [5.41, 5.74) is 0. The lowest BCUT2D eigenvalue weighted by atomic mass is 10.2. The zero-order valence-corrected chi connectivity index (χ0v) is 8.29. The van der Waals surface area contributed by atoms with Crippen LogP contribution in [0.3, 0.4) is 0 Å². The normalized spacial score (nSPS) is 22.5. The van der Waals surface area contributed by atoms with Gasteiger partial charge in [0.25, 0.3) is 0 Å². The van der Waals surface area contributed by atoms with Gasteiger partial charge in [-0.3, -0.25) is 4.90 Å². The van der Waals surface area contributed by atoms with E-state index in [4.69, 9.17) is 5.11 Å². The molecule has 7 heteroatoms. The first-order chi connectivity index (χ1) is 6.79.